The number of likely N-dealkylation sites (tertiary alicyclic amines) is 1. The normalized spacial score (nSPS) is 22.1. The van der Waals surface area contributed by atoms with Crippen molar-refractivity contribution in [3.05, 3.63) is 0 Å². The Labute approximate surface area is 111 Å². The molecule has 2 amide bonds. The third-order valence-corrected chi connectivity index (χ3v) is 3.74. The van der Waals surface area contributed by atoms with Gasteiger partial charge < -0.3 is 15.3 Å². The number of rotatable bonds is 5. The number of hydrogen-bond donors (Lipinski definition) is 2. The maximum Gasteiger partial charge on any atom is 0.317 e. The fraction of sp³-hybridized carbons (Fsp3) is 0.929. The van der Waals surface area contributed by atoms with Gasteiger partial charge in [0.05, 0.1) is 0 Å². The first kappa shape index (κ1) is 15.3. The first-order chi connectivity index (χ1) is 8.56. The molecule has 0 radical (unpaired) electrons. The molecule has 1 fully saturated rings. The Morgan fingerprint density at radius 1 is 1.39 bits per heavy atom. The Kier molecular flexibility index (Phi) is 6.47. The third kappa shape index (κ3) is 4.48. The summed E-state index contributed by atoms with van der Waals surface area (Å²) < 4.78 is 0. The van der Waals surface area contributed by atoms with Gasteiger partial charge in [-0.3, -0.25) is 0 Å². The van der Waals surface area contributed by atoms with E-state index in [9.17, 15) is 4.79 Å². The number of aliphatic hydroxyl groups is 1. The second-order valence-corrected chi connectivity index (χ2v) is 5.72. The van der Waals surface area contributed by atoms with Crippen LogP contribution < -0.4 is 5.32 Å². The Hall–Kier alpha value is -0.770. The summed E-state index contributed by atoms with van der Waals surface area (Å²) in [5.74, 6) is 0.517. The van der Waals surface area contributed by atoms with Gasteiger partial charge in [-0.15, -0.1) is 0 Å². The van der Waals surface area contributed by atoms with E-state index in [-0.39, 0.29) is 18.7 Å². The SMILES string of the molecule is CC(CCCO)NC(=O)N1CCCCC1C(C)C. The molecule has 4 heteroatoms. The zero-order chi connectivity index (χ0) is 13.5. The second-order valence-electron chi connectivity index (χ2n) is 5.72. The molecule has 0 aromatic carbocycles. The summed E-state index contributed by atoms with van der Waals surface area (Å²) >= 11 is 0. The van der Waals surface area contributed by atoms with Crippen LogP contribution in [0.25, 0.3) is 0 Å². The van der Waals surface area contributed by atoms with Gasteiger partial charge in [0.15, 0.2) is 0 Å². The summed E-state index contributed by atoms with van der Waals surface area (Å²) in [5, 5.41) is 11.8. The molecular weight excluding hydrogens is 228 g/mol. The molecule has 0 saturated carbocycles. The number of aliphatic hydroxyl groups excluding tert-OH is 1. The number of carbonyl (C=O) groups is 1. The number of amides is 2. The Balaban J connectivity index is 2.47. The number of carbonyl (C=O) groups excluding carboxylic acids is 1. The van der Waals surface area contributed by atoms with Gasteiger partial charge in [-0.1, -0.05) is 13.8 Å². The van der Waals surface area contributed by atoms with Crippen LogP contribution in [0.4, 0.5) is 4.79 Å². The summed E-state index contributed by atoms with van der Waals surface area (Å²) in [6.45, 7) is 7.44. The number of piperidine rings is 1. The Morgan fingerprint density at radius 3 is 2.72 bits per heavy atom. The summed E-state index contributed by atoms with van der Waals surface area (Å²) in [6, 6.07) is 0.585. The van der Waals surface area contributed by atoms with Gasteiger partial charge in [0, 0.05) is 25.2 Å². The summed E-state index contributed by atoms with van der Waals surface area (Å²) in [6.07, 6.45) is 5.04. The van der Waals surface area contributed by atoms with Crippen LogP contribution in [0.15, 0.2) is 0 Å². The van der Waals surface area contributed by atoms with Crippen LogP contribution in [-0.4, -0.2) is 41.3 Å². The van der Waals surface area contributed by atoms with Crippen molar-refractivity contribution in [2.24, 2.45) is 5.92 Å². The minimum atomic E-state index is 0.0684. The molecule has 1 aliphatic rings. The maximum absolute atomic E-state index is 12.2. The fourth-order valence-electron chi connectivity index (χ4n) is 2.67. The zero-order valence-corrected chi connectivity index (χ0v) is 12.0. The van der Waals surface area contributed by atoms with E-state index in [0.29, 0.717) is 12.0 Å². The lowest BCUT2D eigenvalue weighted by Gasteiger charge is -2.38. The summed E-state index contributed by atoms with van der Waals surface area (Å²) in [7, 11) is 0. The Morgan fingerprint density at radius 2 is 2.11 bits per heavy atom. The molecule has 0 bridgehead atoms. The molecule has 0 spiro atoms. The van der Waals surface area contributed by atoms with Gasteiger partial charge in [0.1, 0.15) is 0 Å². The molecule has 0 aromatic heterocycles. The van der Waals surface area contributed by atoms with E-state index in [1.54, 1.807) is 0 Å². The monoisotopic (exact) mass is 256 g/mol. The predicted octanol–water partition coefficient (Wildman–Crippen LogP) is 2.37. The van der Waals surface area contributed by atoms with E-state index in [0.717, 1.165) is 32.2 Å². The highest BCUT2D eigenvalue weighted by molar-refractivity contribution is 5.75. The molecule has 1 saturated heterocycles. The van der Waals surface area contributed by atoms with Crippen LogP contribution in [0.2, 0.25) is 0 Å². The van der Waals surface area contributed by atoms with E-state index in [1.165, 1.54) is 6.42 Å². The van der Waals surface area contributed by atoms with Crippen LogP contribution in [0.3, 0.4) is 0 Å². The van der Waals surface area contributed by atoms with Crippen LogP contribution in [0.1, 0.15) is 52.9 Å². The number of hydrogen-bond acceptors (Lipinski definition) is 2. The highest BCUT2D eigenvalue weighted by atomic mass is 16.3. The lowest BCUT2D eigenvalue weighted by atomic mass is 9.93. The van der Waals surface area contributed by atoms with Gasteiger partial charge in [0.2, 0.25) is 0 Å². The van der Waals surface area contributed by atoms with Crippen molar-refractivity contribution >= 4 is 6.03 Å². The molecule has 106 valence electrons. The van der Waals surface area contributed by atoms with Crippen LogP contribution >= 0.6 is 0 Å². The molecule has 0 aliphatic carbocycles. The van der Waals surface area contributed by atoms with E-state index in [1.807, 2.05) is 11.8 Å². The molecule has 0 aromatic rings. The van der Waals surface area contributed by atoms with Crippen molar-refractivity contribution in [1.82, 2.24) is 10.2 Å². The van der Waals surface area contributed by atoms with Crippen LogP contribution in [0, 0.1) is 5.92 Å². The van der Waals surface area contributed by atoms with E-state index < -0.39 is 0 Å². The van der Waals surface area contributed by atoms with E-state index in [4.69, 9.17) is 5.11 Å². The molecule has 1 rings (SSSR count). The highest BCUT2D eigenvalue weighted by Crippen LogP contribution is 2.23. The summed E-state index contributed by atoms with van der Waals surface area (Å²) in [5.41, 5.74) is 0. The van der Waals surface area contributed by atoms with Crippen molar-refractivity contribution in [3.8, 4) is 0 Å². The smallest absolute Gasteiger partial charge is 0.317 e. The molecular formula is C14H28N2O2. The Bertz CT molecular complexity index is 256. The number of urea groups is 1. The zero-order valence-electron chi connectivity index (χ0n) is 12.0. The minimum Gasteiger partial charge on any atom is -0.396 e. The van der Waals surface area contributed by atoms with Crippen molar-refractivity contribution in [2.75, 3.05) is 13.2 Å². The first-order valence-electron chi connectivity index (χ1n) is 7.24. The fourth-order valence-corrected chi connectivity index (χ4v) is 2.67. The lowest BCUT2D eigenvalue weighted by Crippen LogP contribution is -2.52. The first-order valence-corrected chi connectivity index (χ1v) is 7.24. The number of nitrogens with one attached hydrogen (secondary N) is 1. The van der Waals surface area contributed by atoms with Crippen molar-refractivity contribution in [3.63, 3.8) is 0 Å². The molecule has 1 aliphatic heterocycles. The van der Waals surface area contributed by atoms with Crippen molar-refractivity contribution in [1.29, 1.82) is 0 Å². The van der Waals surface area contributed by atoms with Gasteiger partial charge >= 0.3 is 6.03 Å². The van der Waals surface area contributed by atoms with E-state index >= 15 is 0 Å². The summed E-state index contributed by atoms with van der Waals surface area (Å²) in [4.78, 5) is 14.2. The standard InChI is InChI=1S/C14H28N2O2/c1-11(2)13-8-4-5-9-16(13)14(18)15-12(3)7-6-10-17/h11-13,17H,4-10H2,1-3H3,(H,15,18). The van der Waals surface area contributed by atoms with Crippen LogP contribution in [0.5, 0.6) is 0 Å². The third-order valence-electron chi connectivity index (χ3n) is 3.74. The van der Waals surface area contributed by atoms with Crippen molar-refractivity contribution < 1.29 is 9.90 Å². The quantitative estimate of drug-likeness (QED) is 0.793. The topological polar surface area (TPSA) is 52.6 Å². The lowest BCUT2D eigenvalue weighted by molar-refractivity contribution is 0.125. The molecule has 2 unspecified atom stereocenters. The highest BCUT2D eigenvalue weighted by Gasteiger charge is 2.29. The average molecular weight is 256 g/mol. The van der Waals surface area contributed by atoms with Crippen LogP contribution in [-0.2, 0) is 0 Å². The van der Waals surface area contributed by atoms with Gasteiger partial charge in [-0.2, -0.15) is 0 Å². The minimum absolute atomic E-state index is 0.0684. The molecule has 4 nitrogen and oxygen atoms in total. The second kappa shape index (κ2) is 7.62. The van der Waals surface area contributed by atoms with Gasteiger partial charge in [-0.05, 0) is 44.9 Å². The van der Waals surface area contributed by atoms with Crippen molar-refractivity contribution in [2.45, 2.75) is 65.0 Å². The van der Waals surface area contributed by atoms with Gasteiger partial charge in [-0.25, -0.2) is 4.79 Å². The molecule has 2 N–H and O–H groups in total. The molecule has 2 atom stereocenters. The molecule has 18 heavy (non-hydrogen) atoms. The van der Waals surface area contributed by atoms with Gasteiger partial charge in [0.25, 0.3) is 0 Å². The molecule has 1 heterocycles. The maximum atomic E-state index is 12.2. The largest absolute Gasteiger partial charge is 0.396 e. The average Bonchev–Trinajstić information content (AvgIpc) is 2.36. The number of nitrogens with zero attached hydrogens (tertiary/aromatic N) is 1. The predicted molar refractivity (Wildman–Crippen MR) is 73.5 cm³/mol. The van der Waals surface area contributed by atoms with E-state index in [2.05, 4.69) is 19.2 Å².